The number of oxazole rings is 1. The lowest BCUT2D eigenvalue weighted by molar-refractivity contribution is -0.384. The van der Waals surface area contributed by atoms with Gasteiger partial charge in [-0.05, 0) is 26.3 Å². The van der Waals surface area contributed by atoms with E-state index in [1.54, 1.807) is 0 Å². The zero-order chi connectivity index (χ0) is 16.3. The first-order valence-corrected chi connectivity index (χ1v) is 6.95. The molecule has 2 aromatic rings. The molecule has 0 atom stereocenters. The standard InChI is InChI=1S/C14H17N3O5/c1-9(2)15-13(18)4-3-7-16-11-6-5-10(17(20)21)8-12(11)22-14(16)19/h5-6,8-9H,3-4,7H2,1-2H3,(H,15,18). The second-order valence-corrected chi connectivity index (χ2v) is 5.25. The largest absolute Gasteiger partial charge is 0.419 e. The van der Waals surface area contributed by atoms with Gasteiger partial charge in [-0.2, -0.15) is 0 Å². The maximum Gasteiger partial charge on any atom is 0.419 e. The lowest BCUT2D eigenvalue weighted by Gasteiger charge is -2.08. The summed E-state index contributed by atoms with van der Waals surface area (Å²) in [5.41, 5.74) is 0.524. The topological polar surface area (TPSA) is 107 Å². The van der Waals surface area contributed by atoms with Gasteiger partial charge in [0.1, 0.15) is 0 Å². The quantitative estimate of drug-likeness (QED) is 0.647. The lowest BCUT2D eigenvalue weighted by atomic mass is 10.2. The van der Waals surface area contributed by atoms with E-state index in [0.717, 1.165) is 0 Å². The molecule has 0 radical (unpaired) electrons. The van der Waals surface area contributed by atoms with E-state index in [-0.39, 0.29) is 23.2 Å². The van der Waals surface area contributed by atoms with Crippen LogP contribution in [-0.2, 0) is 11.3 Å². The molecule has 0 fully saturated rings. The number of aryl methyl sites for hydroxylation is 1. The third-order valence-electron chi connectivity index (χ3n) is 3.10. The molecule has 1 aromatic heterocycles. The Labute approximate surface area is 125 Å². The number of hydrogen-bond donors (Lipinski definition) is 1. The Morgan fingerprint density at radius 3 is 2.82 bits per heavy atom. The summed E-state index contributed by atoms with van der Waals surface area (Å²) in [6.07, 6.45) is 0.772. The summed E-state index contributed by atoms with van der Waals surface area (Å²) in [5.74, 6) is -0.661. The Balaban J connectivity index is 2.11. The van der Waals surface area contributed by atoms with Gasteiger partial charge in [0.15, 0.2) is 5.58 Å². The van der Waals surface area contributed by atoms with Crippen molar-refractivity contribution in [2.75, 3.05) is 0 Å². The number of nitrogens with one attached hydrogen (secondary N) is 1. The van der Waals surface area contributed by atoms with E-state index in [1.807, 2.05) is 13.8 Å². The highest BCUT2D eigenvalue weighted by Crippen LogP contribution is 2.20. The number of carbonyl (C=O) groups excluding carboxylic acids is 1. The van der Waals surface area contributed by atoms with Gasteiger partial charge in [-0.25, -0.2) is 4.79 Å². The van der Waals surface area contributed by atoms with E-state index in [9.17, 15) is 19.7 Å². The van der Waals surface area contributed by atoms with Gasteiger partial charge in [0.25, 0.3) is 5.69 Å². The van der Waals surface area contributed by atoms with Crippen LogP contribution < -0.4 is 11.1 Å². The first-order chi connectivity index (χ1) is 10.4. The van der Waals surface area contributed by atoms with Crippen LogP contribution in [0.4, 0.5) is 5.69 Å². The molecule has 0 unspecified atom stereocenters. The molecule has 8 heteroatoms. The molecule has 1 aromatic carbocycles. The van der Waals surface area contributed by atoms with Crippen LogP contribution in [-0.4, -0.2) is 21.4 Å². The number of nitro groups is 1. The zero-order valence-corrected chi connectivity index (χ0v) is 12.4. The number of nitrogens with zero attached hydrogens (tertiary/aromatic N) is 2. The molecule has 0 spiro atoms. The maximum atomic E-state index is 11.8. The highest BCUT2D eigenvalue weighted by atomic mass is 16.6. The highest BCUT2D eigenvalue weighted by molar-refractivity contribution is 5.76. The van der Waals surface area contributed by atoms with Crippen LogP contribution in [0.3, 0.4) is 0 Å². The summed E-state index contributed by atoms with van der Waals surface area (Å²) in [7, 11) is 0. The number of non-ortho nitro benzene ring substituents is 1. The van der Waals surface area contributed by atoms with Crippen molar-refractivity contribution in [2.45, 2.75) is 39.3 Å². The molecule has 1 N–H and O–H groups in total. The first kappa shape index (κ1) is 15.7. The fourth-order valence-corrected chi connectivity index (χ4v) is 2.17. The van der Waals surface area contributed by atoms with Crippen molar-refractivity contribution in [3.8, 4) is 0 Å². The molecule has 0 aliphatic rings. The minimum atomic E-state index is -0.584. The van der Waals surface area contributed by atoms with Crippen LogP contribution in [0.25, 0.3) is 11.1 Å². The van der Waals surface area contributed by atoms with Crippen LogP contribution in [0, 0.1) is 10.1 Å². The average Bonchev–Trinajstić information content (AvgIpc) is 2.73. The molecule has 1 amide bonds. The molecule has 8 nitrogen and oxygen atoms in total. The zero-order valence-electron chi connectivity index (χ0n) is 12.4. The molecule has 118 valence electrons. The SMILES string of the molecule is CC(C)NC(=O)CCCn1c(=O)oc2cc([N+](=O)[O-])ccc21. The molecule has 1 heterocycles. The molecular weight excluding hydrogens is 290 g/mol. The number of nitro benzene ring substituents is 1. The van der Waals surface area contributed by atoms with Crippen molar-refractivity contribution in [2.24, 2.45) is 0 Å². The number of carbonyl (C=O) groups is 1. The van der Waals surface area contributed by atoms with Crippen molar-refractivity contribution in [3.63, 3.8) is 0 Å². The number of hydrogen-bond acceptors (Lipinski definition) is 5. The van der Waals surface area contributed by atoms with Crippen molar-refractivity contribution >= 4 is 22.7 Å². The van der Waals surface area contributed by atoms with E-state index < -0.39 is 10.7 Å². The number of fused-ring (bicyclic) bond motifs is 1. The van der Waals surface area contributed by atoms with Gasteiger partial charge < -0.3 is 9.73 Å². The van der Waals surface area contributed by atoms with Gasteiger partial charge in [0.2, 0.25) is 5.91 Å². The van der Waals surface area contributed by atoms with Gasteiger partial charge in [-0.15, -0.1) is 0 Å². The smallest absolute Gasteiger partial charge is 0.407 e. The Kier molecular flexibility index (Phi) is 4.59. The van der Waals surface area contributed by atoms with Gasteiger partial charge >= 0.3 is 5.76 Å². The number of benzene rings is 1. The summed E-state index contributed by atoms with van der Waals surface area (Å²) >= 11 is 0. The van der Waals surface area contributed by atoms with Gasteiger partial charge in [-0.1, -0.05) is 0 Å². The third kappa shape index (κ3) is 3.51. The van der Waals surface area contributed by atoms with E-state index >= 15 is 0 Å². The van der Waals surface area contributed by atoms with E-state index in [1.165, 1.54) is 22.8 Å². The second kappa shape index (κ2) is 6.42. The Morgan fingerprint density at radius 1 is 1.45 bits per heavy atom. The molecule has 0 saturated heterocycles. The molecule has 0 aliphatic heterocycles. The Bertz CT molecular complexity index is 759. The van der Waals surface area contributed by atoms with Crippen LogP contribution in [0.15, 0.2) is 27.4 Å². The Hall–Kier alpha value is -2.64. The molecule has 0 saturated carbocycles. The summed E-state index contributed by atoms with van der Waals surface area (Å²) in [5, 5.41) is 13.5. The van der Waals surface area contributed by atoms with E-state index in [2.05, 4.69) is 5.32 Å². The Morgan fingerprint density at radius 2 is 2.18 bits per heavy atom. The van der Waals surface area contributed by atoms with E-state index in [0.29, 0.717) is 24.9 Å². The minimum Gasteiger partial charge on any atom is -0.407 e. The first-order valence-electron chi connectivity index (χ1n) is 6.95. The summed E-state index contributed by atoms with van der Waals surface area (Å²) in [6.45, 7) is 4.06. The van der Waals surface area contributed by atoms with Crippen LogP contribution in [0.1, 0.15) is 26.7 Å². The van der Waals surface area contributed by atoms with Crippen molar-refractivity contribution in [1.29, 1.82) is 0 Å². The van der Waals surface area contributed by atoms with Crippen molar-refractivity contribution in [3.05, 3.63) is 38.9 Å². The van der Waals surface area contributed by atoms with E-state index in [4.69, 9.17) is 4.42 Å². The normalized spacial score (nSPS) is 11.0. The highest BCUT2D eigenvalue weighted by Gasteiger charge is 2.14. The summed E-state index contributed by atoms with van der Waals surface area (Å²) < 4.78 is 6.39. The molecule has 0 bridgehead atoms. The monoisotopic (exact) mass is 307 g/mol. The predicted octanol–water partition coefficient (Wildman–Crippen LogP) is 1.81. The van der Waals surface area contributed by atoms with Crippen LogP contribution in [0.2, 0.25) is 0 Å². The number of rotatable bonds is 6. The third-order valence-corrected chi connectivity index (χ3v) is 3.10. The molecule has 22 heavy (non-hydrogen) atoms. The van der Waals surface area contributed by atoms with Gasteiger partial charge in [0.05, 0.1) is 16.5 Å². The fourth-order valence-electron chi connectivity index (χ4n) is 2.17. The van der Waals surface area contributed by atoms with Crippen molar-refractivity contribution < 1.29 is 14.1 Å². The second-order valence-electron chi connectivity index (χ2n) is 5.25. The number of amides is 1. The molecule has 2 rings (SSSR count). The average molecular weight is 307 g/mol. The molecule has 0 aliphatic carbocycles. The van der Waals surface area contributed by atoms with Gasteiger partial charge in [0, 0.05) is 25.1 Å². The summed E-state index contributed by atoms with van der Waals surface area (Å²) in [6, 6.07) is 4.09. The van der Waals surface area contributed by atoms with Crippen LogP contribution >= 0.6 is 0 Å². The lowest BCUT2D eigenvalue weighted by Crippen LogP contribution is -2.30. The predicted molar refractivity (Wildman–Crippen MR) is 79.6 cm³/mol. The maximum absolute atomic E-state index is 11.8. The number of aromatic nitrogens is 1. The van der Waals surface area contributed by atoms with Crippen molar-refractivity contribution in [1.82, 2.24) is 9.88 Å². The van der Waals surface area contributed by atoms with Gasteiger partial charge in [-0.3, -0.25) is 19.5 Å². The fraction of sp³-hybridized carbons (Fsp3) is 0.429. The molecular formula is C14H17N3O5. The minimum absolute atomic E-state index is 0.0746. The summed E-state index contributed by atoms with van der Waals surface area (Å²) in [4.78, 5) is 33.5. The van der Waals surface area contributed by atoms with Crippen LogP contribution in [0.5, 0.6) is 0 Å².